The van der Waals surface area contributed by atoms with Gasteiger partial charge in [0.2, 0.25) is 0 Å². The van der Waals surface area contributed by atoms with Gasteiger partial charge in [-0.15, -0.1) is 0 Å². The summed E-state index contributed by atoms with van der Waals surface area (Å²) >= 11 is 11.8. The Morgan fingerprint density at radius 1 is 1.04 bits per heavy atom. The summed E-state index contributed by atoms with van der Waals surface area (Å²) in [6, 6.07) is 15.2. The molecule has 0 aromatic heterocycles. The average molecular weight is 350 g/mol. The van der Waals surface area contributed by atoms with Gasteiger partial charge in [0, 0.05) is 25.3 Å². The molecule has 2 amide bonds. The molecule has 1 N–H and O–H groups in total. The van der Waals surface area contributed by atoms with E-state index in [2.05, 4.69) is 22.3 Å². The number of carbonyl (C=O) groups is 1. The standard InChI is InChI=1S/C17H17Cl2N3O/c18-15-7-6-14(10-16(15)19)20-17(23)22-9-8-21(12-22)11-13-4-2-1-3-5-13/h1-7,10H,8-9,11-12H2,(H,20,23). The third-order valence-corrected chi connectivity index (χ3v) is 4.50. The highest BCUT2D eigenvalue weighted by Crippen LogP contribution is 2.25. The molecule has 0 aliphatic carbocycles. The number of urea groups is 1. The van der Waals surface area contributed by atoms with Crippen molar-refractivity contribution >= 4 is 34.9 Å². The Labute approximate surface area is 145 Å². The number of hydrogen-bond acceptors (Lipinski definition) is 2. The number of halogens is 2. The van der Waals surface area contributed by atoms with Crippen LogP contribution in [0, 0.1) is 0 Å². The number of hydrogen-bond donors (Lipinski definition) is 1. The molecule has 1 aliphatic rings. The van der Waals surface area contributed by atoms with E-state index in [9.17, 15) is 4.79 Å². The molecule has 1 fully saturated rings. The number of benzene rings is 2. The molecule has 120 valence electrons. The number of anilines is 1. The molecular formula is C17H17Cl2N3O. The highest BCUT2D eigenvalue weighted by molar-refractivity contribution is 6.42. The average Bonchev–Trinajstić information content (AvgIpc) is 3.00. The molecule has 0 radical (unpaired) electrons. The van der Waals surface area contributed by atoms with Gasteiger partial charge in [-0.1, -0.05) is 53.5 Å². The molecule has 1 saturated heterocycles. The molecule has 0 atom stereocenters. The summed E-state index contributed by atoms with van der Waals surface area (Å²) in [7, 11) is 0. The smallest absolute Gasteiger partial charge is 0.310 e. The minimum atomic E-state index is -0.126. The van der Waals surface area contributed by atoms with Crippen LogP contribution in [-0.2, 0) is 6.54 Å². The lowest BCUT2D eigenvalue weighted by Crippen LogP contribution is -2.34. The number of nitrogens with zero attached hydrogens (tertiary/aromatic N) is 2. The Morgan fingerprint density at radius 2 is 1.83 bits per heavy atom. The molecule has 3 rings (SSSR count). The zero-order valence-corrected chi connectivity index (χ0v) is 14.0. The SMILES string of the molecule is O=C(Nc1ccc(Cl)c(Cl)c1)N1CCN(Cc2ccccc2)C1. The number of nitrogens with one attached hydrogen (secondary N) is 1. The summed E-state index contributed by atoms with van der Waals surface area (Å²) in [5.74, 6) is 0. The van der Waals surface area contributed by atoms with Crippen LogP contribution in [0.25, 0.3) is 0 Å². The van der Waals surface area contributed by atoms with Crippen molar-refractivity contribution in [3.8, 4) is 0 Å². The van der Waals surface area contributed by atoms with E-state index < -0.39 is 0 Å². The van der Waals surface area contributed by atoms with Crippen molar-refractivity contribution in [2.75, 3.05) is 25.1 Å². The first-order valence-corrected chi connectivity index (χ1v) is 8.15. The van der Waals surface area contributed by atoms with E-state index >= 15 is 0 Å². The Balaban J connectivity index is 1.56. The van der Waals surface area contributed by atoms with E-state index in [1.54, 1.807) is 23.1 Å². The summed E-state index contributed by atoms with van der Waals surface area (Å²) in [6.45, 7) is 3.03. The van der Waals surface area contributed by atoms with Gasteiger partial charge in [-0.2, -0.15) is 0 Å². The molecule has 0 saturated carbocycles. The maximum absolute atomic E-state index is 12.3. The minimum absolute atomic E-state index is 0.126. The lowest BCUT2D eigenvalue weighted by Gasteiger charge is -2.19. The van der Waals surface area contributed by atoms with Crippen molar-refractivity contribution in [1.82, 2.24) is 9.80 Å². The van der Waals surface area contributed by atoms with Crippen LogP contribution in [0.4, 0.5) is 10.5 Å². The molecule has 0 spiro atoms. The van der Waals surface area contributed by atoms with Crippen LogP contribution < -0.4 is 5.32 Å². The zero-order valence-electron chi connectivity index (χ0n) is 12.5. The predicted molar refractivity (Wildman–Crippen MR) is 93.9 cm³/mol. The molecule has 0 bridgehead atoms. The monoisotopic (exact) mass is 349 g/mol. The van der Waals surface area contributed by atoms with Gasteiger partial charge < -0.3 is 10.2 Å². The molecule has 2 aromatic carbocycles. The van der Waals surface area contributed by atoms with Crippen molar-refractivity contribution < 1.29 is 4.79 Å². The largest absolute Gasteiger partial charge is 0.322 e. The normalized spacial score (nSPS) is 15.0. The van der Waals surface area contributed by atoms with Crippen molar-refractivity contribution in [2.45, 2.75) is 6.54 Å². The molecule has 6 heteroatoms. The maximum Gasteiger partial charge on any atom is 0.322 e. The van der Waals surface area contributed by atoms with Gasteiger partial charge in [-0.3, -0.25) is 4.90 Å². The first-order valence-electron chi connectivity index (χ1n) is 7.39. The van der Waals surface area contributed by atoms with Gasteiger partial charge in [0.05, 0.1) is 16.7 Å². The summed E-state index contributed by atoms with van der Waals surface area (Å²) < 4.78 is 0. The molecule has 4 nitrogen and oxygen atoms in total. The van der Waals surface area contributed by atoms with E-state index in [0.29, 0.717) is 28.9 Å². The van der Waals surface area contributed by atoms with Crippen LogP contribution >= 0.6 is 23.2 Å². The summed E-state index contributed by atoms with van der Waals surface area (Å²) in [4.78, 5) is 16.3. The van der Waals surface area contributed by atoms with Gasteiger partial charge in [0.15, 0.2) is 0 Å². The van der Waals surface area contributed by atoms with Crippen molar-refractivity contribution in [1.29, 1.82) is 0 Å². The summed E-state index contributed by atoms with van der Waals surface area (Å²) in [5.41, 5.74) is 1.89. The number of amides is 2. The van der Waals surface area contributed by atoms with Crippen LogP contribution in [0.5, 0.6) is 0 Å². The Hall–Kier alpha value is -1.75. The lowest BCUT2D eigenvalue weighted by molar-refractivity contribution is 0.207. The molecule has 0 unspecified atom stereocenters. The second-order valence-corrected chi connectivity index (χ2v) is 6.32. The first kappa shape index (κ1) is 16.1. The fourth-order valence-electron chi connectivity index (χ4n) is 2.56. The zero-order chi connectivity index (χ0) is 16.2. The van der Waals surface area contributed by atoms with Crippen molar-refractivity contribution in [3.05, 3.63) is 64.1 Å². The summed E-state index contributed by atoms with van der Waals surface area (Å²) in [5, 5.41) is 3.75. The third kappa shape index (κ3) is 4.16. The Kier molecular flexibility index (Phi) is 5.06. The quantitative estimate of drug-likeness (QED) is 0.896. The van der Waals surface area contributed by atoms with Gasteiger partial charge in [-0.25, -0.2) is 4.79 Å². The highest BCUT2D eigenvalue weighted by Gasteiger charge is 2.24. The van der Waals surface area contributed by atoms with Gasteiger partial charge in [0.1, 0.15) is 0 Å². The lowest BCUT2D eigenvalue weighted by atomic mass is 10.2. The van der Waals surface area contributed by atoms with Crippen LogP contribution in [0.2, 0.25) is 10.0 Å². The minimum Gasteiger partial charge on any atom is -0.310 e. The Bertz CT molecular complexity index is 693. The van der Waals surface area contributed by atoms with Crippen molar-refractivity contribution in [3.63, 3.8) is 0 Å². The fraction of sp³-hybridized carbons (Fsp3) is 0.235. The topological polar surface area (TPSA) is 35.6 Å². The van der Waals surface area contributed by atoms with E-state index in [-0.39, 0.29) is 6.03 Å². The van der Waals surface area contributed by atoms with Crippen LogP contribution in [0.3, 0.4) is 0 Å². The Morgan fingerprint density at radius 3 is 2.57 bits per heavy atom. The van der Waals surface area contributed by atoms with Gasteiger partial charge in [0.25, 0.3) is 0 Å². The molecule has 1 heterocycles. The van der Waals surface area contributed by atoms with E-state index in [1.807, 2.05) is 18.2 Å². The van der Waals surface area contributed by atoms with Crippen LogP contribution in [-0.4, -0.2) is 35.6 Å². The predicted octanol–water partition coefficient (Wildman–Crippen LogP) is 4.30. The van der Waals surface area contributed by atoms with E-state index in [1.165, 1.54) is 5.56 Å². The summed E-state index contributed by atoms with van der Waals surface area (Å²) in [6.07, 6.45) is 0. The second kappa shape index (κ2) is 7.21. The molecule has 1 aliphatic heterocycles. The van der Waals surface area contributed by atoms with Crippen LogP contribution in [0.1, 0.15) is 5.56 Å². The third-order valence-electron chi connectivity index (χ3n) is 3.76. The van der Waals surface area contributed by atoms with E-state index in [4.69, 9.17) is 23.2 Å². The number of carbonyl (C=O) groups excluding carboxylic acids is 1. The highest BCUT2D eigenvalue weighted by atomic mass is 35.5. The number of rotatable bonds is 3. The fourth-order valence-corrected chi connectivity index (χ4v) is 2.86. The van der Waals surface area contributed by atoms with Gasteiger partial charge >= 0.3 is 6.03 Å². The first-order chi connectivity index (χ1) is 11.1. The molecule has 2 aromatic rings. The van der Waals surface area contributed by atoms with Crippen LogP contribution in [0.15, 0.2) is 48.5 Å². The molecule has 23 heavy (non-hydrogen) atoms. The maximum atomic E-state index is 12.3. The molecular weight excluding hydrogens is 333 g/mol. The van der Waals surface area contributed by atoms with Crippen molar-refractivity contribution in [2.24, 2.45) is 0 Å². The van der Waals surface area contributed by atoms with E-state index in [0.717, 1.165) is 13.1 Å². The van der Waals surface area contributed by atoms with Gasteiger partial charge in [-0.05, 0) is 23.8 Å². The second-order valence-electron chi connectivity index (χ2n) is 5.50.